The van der Waals surface area contributed by atoms with Crippen LogP contribution in [0.25, 0.3) is 11.1 Å². The van der Waals surface area contributed by atoms with E-state index in [1.807, 2.05) is 36.4 Å². The van der Waals surface area contributed by atoms with Crippen molar-refractivity contribution in [1.82, 2.24) is 0 Å². The monoisotopic (exact) mass is 441 g/mol. The molecule has 0 fully saturated rings. The van der Waals surface area contributed by atoms with Gasteiger partial charge >= 0.3 is 0 Å². The molecule has 2 aromatic carbocycles. The zero-order valence-corrected chi connectivity index (χ0v) is 18.4. The Labute approximate surface area is 179 Å². The molecular weight excluding hydrogens is 410 g/mol. The maximum Gasteiger partial charge on any atom is 0.119 e. The second-order valence-electron chi connectivity index (χ2n) is 7.29. The van der Waals surface area contributed by atoms with Gasteiger partial charge in [-0.05, 0) is 48.2 Å². The average molecular weight is 442 g/mol. The van der Waals surface area contributed by atoms with E-state index in [0.29, 0.717) is 5.56 Å². The second-order valence-corrected chi connectivity index (χ2v) is 8.08. The topological polar surface area (TPSA) is 33.0 Å². The minimum atomic E-state index is 0.689. The first-order chi connectivity index (χ1) is 13.8. The van der Waals surface area contributed by atoms with Crippen molar-refractivity contribution >= 4 is 15.9 Å². The van der Waals surface area contributed by atoms with Crippen LogP contribution in [0.3, 0.4) is 0 Å². The Morgan fingerprint density at radius 3 is 1.61 bits per heavy atom. The zero-order valence-electron chi connectivity index (χ0n) is 16.8. The largest absolute Gasteiger partial charge is 0.494 e. The summed E-state index contributed by atoms with van der Waals surface area (Å²) in [5.41, 5.74) is 2.95. The van der Waals surface area contributed by atoms with E-state index in [2.05, 4.69) is 34.1 Å². The number of alkyl halides is 1. The molecule has 0 N–H and O–H groups in total. The molecule has 150 valence electrons. The molecule has 0 aliphatic heterocycles. The minimum absolute atomic E-state index is 0.689. The normalized spacial score (nSPS) is 10.6. The lowest BCUT2D eigenvalue weighted by Crippen LogP contribution is -1.97. The van der Waals surface area contributed by atoms with E-state index in [1.165, 1.54) is 57.8 Å². The summed E-state index contributed by atoms with van der Waals surface area (Å²) in [7, 11) is 0. The molecule has 0 aromatic heterocycles. The fourth-order valence-corrected chi connectivity index (χ4v) is 3.68. The molecule has 0 bridgehead atoms. The van der Waals surface area contributed by atoms with Crippen LogP contribution in [-0.2, 0) is 0 Å². The van der Waals surface area contributed by atoms with Gasteiger partial charge in [-0.2, -0.15) is 5.26 Å². The number of unbranched alkanes of at least 4 members (excludes halogenated alkanes) is 9. The smallest absolute Gasteiger partial charge is 0.119 e. The molecule has 0 atom stereocenters. The van der Waals surface area contributed by atoms with Gasteiger partial charge in [0, 0.05) is 5.33 Å². The van der Waals surface area contributed by atoms with Gasteiger partial charge in [0.2, 0.25) is 0 Å². The van der Waals surface area contributed by atoms with Crippen LogP contribution in [0.1, 0.15) is 69.8 Å². The van der Waals surface area contributed by atoms with Crippen molar-refractivity contribution in [3.05, 3.63) is 54.1 Å². The van der Waals surface area contributed by atoms with Gasteiger partial charge in [0.25, 0.3) is 0 Å². The number of hydrogen-bond acceptors (Lipinski definition) is 2. The van der Waals surface area contributed by atoms with Gasteiger partial charge in [0.05, 0.1) is 18.2 Å². The molecule has 0 unspecified atom stereocenters. The molecule has 0 spiro atoms. The lowest BCUT2D eigenvalue weighted by Gasteiger charge is -2.08. The third-order valence-corrected chi connectivity index (χ3v) is 5.56. The maximum atomic E-state index is 8.88. The highest BCUT2D eigenvalue weighted by molar-refractivity contribution is 9.09. The number of halogens is 1. The zero-order chi connectivity index (χ0) is 19.9. The molecule has 2 nitrogen and oxygen atoms in total. The first-order valence-electron chi connectivity index (χ1n) is 10.6. The van der Waals surface area contributed by atoms with Crippen molar-refractivity contribution < 1.29 is 4.74 Å². The molecule has 2 aromatic rings. The highest BCUT2D eigenvalue weighted by atomic mass is 79.9. The molecule has 0 heterocycles. The molecule has 0 aliphatic carbocycles. The standard InChI is InChI=1S/C25H32BrNO/c26-19-9-7-5-3-1-2-4-6-8-10-20-28-25-17-15-24(16-18-25)23-13-11-22(21-27)12-14-23/h11-18H,1-10,19-20H2. The Hall–Kier alpha value is -1.79. The lowest BCUT2D eigenvalue weighted by atomic mass is 10.0. The molecular formula is C25H32BrNO. The third-order valence-electron chi connectivity index (χ3n) is 5.00. The number of nitriles is 1. The molecule has 28 heavy (non-hydrogen) atoms. The Morgan fingerprint density at radius 1 is 0.643 bits per heavy atom. The number of ether oxygens (including phenoxy) is 1. The predicted molar refractivity (Wildman–Crippen MR) is 122 cm³/mol. The highest BCUT2D eigenvalue weighted by Crippen LogP contribution is 2.23. The van der Waals surface area contributed by atoms with Gasteiger partial charge in [-0.3, -0.25) is 0 Å². The summed E-state index contributed by atoms with van der Waals surface area (Å²) in [6.45, 7) is 0.794. The number of rotatable bonds is 14. The second kappa shape index (κ2) is 14.2. The molecule has 3 heteroatoms. The van der Waals surface area contributed by atoms with Crippen molar-refractivity contribution in [3.63, 3.8) is 0 Å². The Kier molecular flexibility index (Phi) is 11.4. The van der Waals surface area contributed by atoms with Crippen LogP contribution in [0.4, 0.5) is 0 Å². The summed E-state index contributed by atoms with van der Waals surface area (Å²) in [4.78, 5) is 0. The van der Waals surface area contributed by atoms with Crippen LogP contribution in [0, 0.1) is 11.3 Å². The van der Waals surface area contributed by atoms with Gasteiger partial charge in [0.15, 0.2) is 0 Å². The van der Waals surface area contributed by atoms with Crippen LogP contribution in [0.2, 0.25) is 0 Å². The quantitative estimate of drug-likeness (QED) is 0.220. The van der Waals surface area contributed by atoms with E-state index in [4.69, 9.17) is 10.00 Å². The van der Waals surface area contributed by atoms with E-state index >= 15 is 0 Å². The van der Waals surface area contributed by atoms with Crippen molar-refractivity contribution in [3.8, 4) is 22.9 Å². The predicted octanol–water partition coefficient (Wildman–Crippen LogP) is 7.90. The molecule has 0 saturated heterocycles. The van der Waals surface area contributed by atoms with Crippen LogP contribution >= 0.6 is 15.9 Å². The molecule has 0 radical (unpaired) electrons. The summed E-state index contributed by atoms with van der Waals surface area (Å²) >= 11 is 3.49. The first kappa shape index (κ1) is 22.5. The Morgan fingerprint density at radius 2 is 1.11 bits per heavy atom. The summed E-state index contributed by atoms with van der Waals surface area (Å²) in [6.07, 6.45) is 13.3. The Bertz CT molecular complexity index is 688. The summed E-state index contributed by atoms with van der Waals surface area (Å²) in [6, 6.07) is 18.0. The van der Waals surface area contributed by atoms with E-state index in [-0.39, 0.29) is 0 Å². The molecule has 0 amide bonds. The van der Waals surface area contributed by atoms with Crippen LogP contribution < -0.4 is 4.74 Å². The molecule has 2 rings (SSSR count). The molecule has 0 saturated carbocycles. The summed E-state index contributed by atoms with van der Waals surface area (Å²) in [5, 5.41) is 10.0. The molecule has 0 aliphatic rings. The van der Waals surface area contributed by atoms with E-state index in [1.54, 1.807) is 0 Å². The van der Waals surface area contributed by atoms with Gasteiger partial charge in [0.1, 0.15) is 5.75 Å². The van der Waals surface area contributed by atoms with Crippen molar-refractivity contribution in [2.24, 2.45) is 0 Å². The van der Waals surface area contributed by atoms with Crippen molar-refractivity contribution in [2.75, 3.05) is 11.9 Å². The Balaban J connectivity index is 1.53. The fourth-order valence-electron chi connectivity index (χ4n) is 3.28. The third kappa shape index (κ3) is 8.93. The average Bonchev–Trinajstić information content (AvgIpc) is 2.75. The maximum absolute atomic E-state index is 8.88. The van der Waals surface area contributed by atoms with Gasteiger partial charge in [-0.15, -0.1) is 0 Å². The van der Waals surface area contributed by atoms with E-state index in [0.717, 1.165) is 35.2 Å². The van der Waals surface area contributed by atoms with Crippen molar-refractivity contribution in [1.29, 1.82) is 5.26 Å². The summed E-state index contributed by atoms with van der Waals surface area (Å²) in [5.74, 6) is 0.931. The van der Waals surface area contributed by atoms with Crippen LogP contribution in [0.15, 0.2) is 48.5 Å². The van der Waals surface area contributed by atoms with Crippen LogP contribution in [-0.4, -0.2) is 11.9 Å². The van der Waals surface area contributed by atoms with E-state index in [9.17, 15) is 0 Å². The lowest BCUT2D eigenvalue weighted by molar-refractivity contribution is 0.304. The first-order valence-corrected chi connectivity index (χ1v) is 11.7. The van der Waals surface area contributed by atoms with Crippen molar-refractivity contribution in [2.45, 2.75) is 64.2 Å². The number of nitrogens with zero attached hydrogens (tertiary/aromatic N) is 1. The SMILES string of the molecule is N#Cc1ccc(-c2ccc(OCCCCCCCCCCCCBr)cc2)cc1. The van der Waals surface area contributed by atoms with Gasteiger partial charge in [-0.1, -0.05) is 91.6 Å². The number of hydrogen-bond donors (Lipinski definition) is 0. The van der Waals surface area contributed by atoms with Gasteiger partial charge in [-0.25, -0.2) is 0 Å². The fraction of sp³-hybridized carbons (Fsp3) is 0.480. The van der Waals surface area contributed by atoms with E-state index < -0.39 is 0 Å². The van der Waals surface area contributed by atoms with Crippen LogP contribution in [0.5, 0.6) is 5.75 Å². The minimum Gasteiger partial charge on any atom is -0.494 e. The highest BCUT2D eigenvalue weighted by Gasteiger charge is 2.00. The number of benzene rings is 2. The van der Waals surface area contributed by atoms with Gasteiger partial charge < -0.3 is 4.74 Å². The summed E-state index contributed by atoms with van der Waals surface area (Å²) < 4.78 is 5.87.